The second-order valence-electron chi connectivity index (χ2n) is 8.82. The van der Waals surface area contributed by atoms with Crippen LogP contribution in [-0.4, -0.2) is 62.9 Å². The van der Waals surface area contributed by atoms with Gasteiger partial charge in [-0.1, -0.05) is 44.2 Å². The second kappa shape index (κ2) is 10.4. The molecule has 0 radical (unpaired) electrons. The molecule has 3 rings (SSSR count). The first-order valence-electron chi connectivity index (χ1n) is 10.9. The monoisotopic (exact) mass is 474 g/mol. The van der Waals surface area contributed by atoms with Crippen molar-refractivity contribution in [3.63, 3.8) is 0 Å². The number of benzene rings is 1. The molecule has 1 aromatic carbocycles. The molecular formula is C23H30N4O5S. The van der Waals surface area contributed by atoms with Gasteiger partial charge in [0.2, 0.25) is 5.91 Å². The van der Waals surface area contributed by atoms with E-state index in [9.17, 15) is 24.3 Å². The number of carboxylic acids is 1. The molecule has 0 unspecified atom stereocenters. The summed E-state index contributed by atoms with van der Waals surface area (Å²) in [6.07, 6.45) is 0.617. The molecule has 3 amide bonds. The minimum atomic E-state index is -1.12. The fourth-order valence-corrected chi connectivity index (χ4v) is 5.23. The Kier molecular flexibility index (Phi) is 7.80. The third kappa shape index (κ3) is 5.56. The van der Waals surface area contributed by atoms with E-state index < -0.39 is 47.2 Å². The number of aliphatic carboxylic acids is 1. The van der Waals surface area contributed by atoms with Crippen molar-refractivity contribution in [2.24, 2.45) is 11.7 Å². The number of nitrogens with zero attached hydrogens (tertiary/aromatic N) is 1. The molecule has 1 fully saturated rings. The molecule has 4 atom stereocenters. The number of nitrogens with two attached hydrogens (primary N) is 1. The first kappa shape index (κ1) is 24.8. The van der Waals surface area contributed by atoms with E-state index in [1.54, 1.807) is 6.92 Å². The van der Waals surface area contributed by atoms with Gasteiger partial charge in [0.1, 0.15) is 23.2 Å². The Morgan fingerprint density at radius 1 is 1.24 bits per heavy atom. The van der Waals surface area contributed by atoms with Crippen LogP contribution >= 0.6 is 11.8 Å². The van der Waals surface area contributed by atoms with E-state index in [4.69, 9.17) is 5.73 Å². The van der Waals surface area contributed by atoms with E-state index >= 15 is 0 Å². The van der Waals surface area contributed by atoms with Gasteiger partial charge in [0, 0.05) is 5.75 Å². The number of hydrogen-bond donors (Lipinski definition) is 4. The van der Waals surface area contributed by atoms with Gasteiger partial charge >= 0.3 is 5.97 Å². The Morgan fingerprint density at radius 2 is 1.91 bits per heavy atom. The number of thioether (sulfide) groups is 1. The zero-order valence-corrected chi connectivity index (χ0v) is 19.7. The Balaban J connectivity index is 1.66. The number of carbonyl (C=O) groups is 4. The maximum atomic E-state index is 12.9. The van der Waals surface area contributed by atoms with Crippen molar-refractivity contribution in [2.45, 2.75) is 57.1 Å². The number of hydrogen-bond acceptors (Lipinski definition) is 6. The van der Waals surface area contributed by atoms with Gasteiger partial charge in [-0.05, 0) is 36.8 Å². The highest BCUT2D eigenvalue weighted by atomic mass is 32.2. The molecule has 1 saturated heterocycles. The van der Waals surface area contributed by atoms with Crippen LogP contribution in [0.15, 0.2) is 41.6 Å². The topological polar surface area (TPSA) is 142 Å². The quantitative estimate of drug-likeness (QED) is 0.389. The molecule has 2 aliphatic rings. The summed E-state index contributed by atoms with van der Waals surface area (Å²) in [6.45, 7) is 5.48. The van der Waals surface area contributed by atoms with Crippen molar-refractivity contribution in [3.8, 4) is 0 Å². The maximum Gasteiger partial charge on any atom is 0.326 e. The lowest BCUT2D eigenvalue weighted by Gasteiger charge is -2.50. The largest absolute Gasteiger partial charge is 0.480 e. The number of amides is 3. The lowest BCUT2D eigenvalue weighted by Crippen LogP contribution is -2.72. The molecule has 2 heterocycles. The third-order valence-corrected chi connectivity index (χ3v) is 7.04. The van der Waals surface area contributed by atoms with Gasteiger partial charge in [-0.15, -0.1) is 11.8 Å². The van der Waals surface area contributed by atoms with Crippen LogP contribution in [0.4, 0.5) is 0 Å². The van der Waals surface area contributed by atoms with Crippen LogP contribution in [0.1, 0.15) is 32.8 Å². The van der Waals surface area contributed by atoms with E-state index in [0.717, 1.165) is 5.56 Å². The van der Waals surface area contributed by atoms with E-state index in [0.29, 0.717) is 17.7 Å². The SMILES string of the molecule is CC1=C(C(=O)N[C@@H](CC(C)C)C(=O)O)N2C(=O)[C@@H](NC(=O)[C@@H](N)Cc3ccccc3)[C@H]2SC1. The van der Waals surface area contributed by atoms with Crippen molar-refractivity contribution in [3.05, 3.63) is 47.2 Å². The lowest BCUT2D eigenvalue weighted by molar-refractivity contribution is -0.148. The minimum absolute atomic E-state index is 0.0708. The average molecular weight is 475 g/mol. The van der Waals surface area contributed by atoms with Crippen molar-refractivity contribution in [1.29, 1.82) is 0 Å². The van der Waals surface area contributed by atoms with Crippen LogP contribution in [0.5, 0.6) is 0 Å². The zero-order valence-electron chi connectivity index (χ0n) is 18.9. The Hall–Kier alpha value is -2.85. The Bertz CT molecular complexity index is 965. The highest BCUT2D eigenvalue weighted by Gasteiger charge is 2.54. The summed E-state index contributed by atoms with van der Waals surface area (Å²) in [5, 5.41) is 14.3. The van der Waals surface area contributed by atoms with Crippen LogP contribution in [0.25, 0.3) is 0 Å². The van der Waals surface area contributed by atoms with Gasteiger partial charge in [0.05, 0.1) is 6.04 Å². The molecule has 0 saturated carbocycles. The fourth-order valence-electron chi connectivity index (χ4n) is 3.93. The van der Waals surface area contributed by atoms with Gasteiger partial charge in [-0.2, -0.15) is 0 Å². The van der Waals surface area contributed by atoms with Crippen LogP contribution in [0, 0.1) is 5.92 Å². The highest BCUT2D eigenvalue weighted by molar-refractivity contribution is 8.00. The Morgan fingerprint density at radius 3 is 2.52 bits per heavy atom. The molecule has 0 bridgehead atoms. The molecule has 9 nitrogen and oxygen atoms in total. The summed E-state index contributed by atoms with van der Waals surface area (Å²) in [6, 6.07) is 6.72. The first-order chi connectivity index (χ1) is 15.6. The fraction of sp³-hybridized carbons (Fsp3) is 0.478. The molecule has 2 aliphatic heterocycles. The van der Waals surface area contributed by atoms with Gasteiger partial charge in [0.25, 0.3) is 11.8 Å². The van der Waals surface area contributed by atoms with E-state index in [-0.39, 0.29) is 18.0 Å². The highest BCUT2D eigenvalue weighted by Crippen LogP contribution is 2.40. The summed E-state index contributed by atoms with van der Waals surface area (Å²) < 4.78 is 0. The molecule has 0 aliphatic carbocycles. The van der Waals surface area contributed by atoms with Gasteiger partial charge in [-0.3, -0.25) is 19.3 Å². The summed E-state index contributed by atoms with van der Waals surface area (Å²) in [7, 11) is 0. The van der Waals surface area contributed by atoms with Crippen molar-refractivity contribution in [1.82, 2.24) is 15.5 Å². The molecule has 33 heavy (non-hydrogen) atoms. The molecule has 0 spiro atoms. The lowest BCUT2D eigenvalue weighted by atomic mass is 10.00. The number of rotatable bonds is 9. The summed E-state index contributed by atoms with van der Waals surface area (Å²) in [5.41, 5.74) is 7.80. The molecular weight excluding hydrogens is 444 g/mol. The third-order valence-electron chi connectivity index (χ3n) is 5.62. The average Bonchev–Trinajstić information content (AvgIpc) is 2.76. The number of fused-ring (bicyclic) bond motifs is 1. The predicted molar refractivity (Wildman–Crippen MR) is 125 cm³/mol. The van der Waals surface area contributed by atoms with Gasteiger partial charge < -0.3 is 21.5 Å². The molecule has 178 valence electrons. The molecule has 0 aromatic heterocycles. The Labute approximate surface area is 197 Å². The zero-order chi connectivity index (χ0) is 24.3. The van der Waals surface area contributed by atoms with E-state index in [1.165, 1.54) is 16.7 Å². The number of carboxylic acid groups (broad SMARTS) is 1. The maximum absolute atomic E-state index is 12.9. The number of nitrogens with one attached hydrogen (secondary N) is 2. The van der Waals surface area contributed by atoms with E-state index in [2.05, 4.69) is 10.6 Å². The summed E-state index contributed by atoms with van der Waals surface area (Å²) in [5.74, 6) is -2.00. The number of carbonyl (C=O) groups excluding carboxylic acids is 3. The molecule has 1 aromatic rings. The molecule has 10 heteroatoms. The van der Waals surface area contributed by atoms with Crippen LogP contribution in [-0.2, 0) is 25.6 Å². The van der Waals surface area contributed by atoms with Gasteiger partial charge in [-0.25, -0.2) is 4.79 Å². The number of β-lactam (4-membered cyclic amide) rings is 1. The minimum Gasteiger partial charge on any atom is -0.480 e. The van der Waals surface area contributed by atoms with Crippen LogP contribution in [0.3, 0.4) is 0 Å². The van der Waals surface area contributed by atoms with E-state index in [1.807, 2.05) is 44.2 Å². The van der Waals surface area contributed by atoms with Crippen LogP contribution < -0.4 is 16.4 Å². The predicted octanol–water partition coefficient (Wildman–Crippen LogP) is 0.846. The van der Waals surface area contributed by atoms with Crippen molar-refractivity contribution in [2.75, 3.05) is 5.75 Å². The van der Waals surface area contributed by atoms with Crippen molar-refractivity contribution >= 4 is 35.5 Å². The summed E-state index contributed by atoms with van der Waals surface area (Å²) >= 11 is 1.44. The molecule has 5 N–H and O–H groups in total. The first-order valence-corrected chi connectivity index (χ1v) is 11.9. The standard InChI is InChI=1S/C23H30N4O5S/c1-12(2)9-16(23(31)32)25-20(29)18-13(3)11-33-22-17(21(30)27(18)22)26-19(28)15(24)10-14-7-5-4-6-8-14/h4-8,12,15-17,22H,9-11,24H2,1-3H3,(H,25,29)(H,26,28)(H,31,32)/t15-,16-,17+,22+/m0/s1. The normalized spacial score (nSPS) is 21.7. The van der Waals surface area contributed by atoms with Gasteiger partial charge in [0.15, 0.2) is 0 Å². The van der Waals surface area contributed by atoms with Crippen molar-refractivity contribution < 1.29 is 24.3 Å². The second-order valence-corrected chi connectivity index (χ2v) is 9.92. The van der Waals surface area contributed by atoms with Crippen LogP contribution in [0.2, 0.25) is 0 Å². The smallest absolute Gasteiger partial charge is 0.326 e. The summed E-state index contributed by atoms with van der Waals surface area (Å²) in [4.78, 5) is 51.3.